The van der Waals surface area contributed by atoms with Gasteiger partial charge in [-0.15, -0.1) is 0 Å². The molecule has 0 bridgehead atoms. The minimum Gasteiger partial charge on any atom is -0.420 e. The maximum Gasteiger partial charge on any atom is 0.343 e. The van der Waals surface area contributed by atoms with Crippen molar-refractivity contribution in [1.82, 2.24) is 9.97 Å². The van der Waals surface area contributed by atoms with E-state index in [1.165, 1.54) is 6.20 Å². The van der Waals surface area contributed by atoms with Gasteiger partial charge in [0.2, 0.25) is 0 Å². The lowest BCUT2D eigenvalue weighted by molar-refractivity contribution is 0.0737. The van der Waals surface area contributed by atoms with Gasteiger partial charge in [0.1, 0.15) is 34.6 Å². The maximum absolute atomic E-state index is 12.8. The highest BCUT2D eigenvalue weighted by Gasteiger charge is 2.24. The number of fused-ring (bicyclic) bond motifs is 1. The summed E-state index contributed by atoms with van der Waals surface area (Å²) < 4.78 is 5.70. The Morgan fingerprint density at radius 3 is 2.45 bits per heavy atom. The molecule has 0 saturated carbocycles. The predicted octanol–water partition coefficient (Wildman–Crippen LogP) is 3.13. The van der Waals surface area contributed by atoms with Gasteiger partial charge < -0.3 is 15.5 Å². The summed E-state index contributed by atoms with van der Waals surface area (Å²) >= 11 is 0. The van der Waals surface area contributed by atoms with Gasteiger partial charge in [0, 0.05) is 22.7 Å². The van der Waals surface area contributed by atoms with Crippen LogP contribution in [0.15, 0.2) is 65.6 Å². The van der Waals surface area contributed by atoms with Gasteiger partial charge in [-0.3, -0.25) is 9.78 Å². The van der Waals surface area contributed by atoms with Gasteiger partial charge in [0.15, 0.2) is 5.75 Å². The van der Waals surface area contributed by atoms with Gasteiger partial charge in [0.05, 0.1) is 5.56 Å². The molecular formula is C23H13N5O3. The number of rotatable bonds is 3. The third-order valence-electron chi connectivity index (χ3n) is 4.67. The fraction of sp³-hybridized carbons (Fsp3) is 0. The Hall–Kier alpha value is -4.95. The van der Waals surface area contributed by atoms with Crippen molar-refractivity contribution in [3.05, 3.63) is 87.8 Å². The minimum atomic E-state index is -0.754. The summed E-state index contributed by atoms with van der Waals surface area (Å²) in [5.41, 5.74) is 5.45. The largest absolute Gasteiger partial charge is 0.420 e. The van der Waals surface area contributed by atoms with Crippen molar-refractivity contribution in [3.8, 4) is 29.0 Å². The molecule has 4 aromatic rings. The summed E-state index contributed by atoms with van der Waals surface area (Å²) in [5.74, 6) is -0.831. The lowest BCUT2D eigenvalue weighted by atomic mass is 9.94. The lowest BCUT2D eigenvalue weighted by Gasteiger charge is -2.15. The number of carbonyl (C=O) groups is 1. The number of nitrogen functional groups attached to an aromatic ring is 1. The number of aromatic nitrogens is 2. The predicted molar refractivity (Wildman–Crippen MR) is 113 cm³/mol. The number of benzene rings is 2. The van der Waals surface area contributed by atoms with Crippen molar-refractivity contribution in [1.29, 1.82) is 10.5 Å². The highest BCUT2D eigenvalue weighted by Crippen LogP contribution is 2.39. The molecule has 148 valence electrons. The van der Waals surface area contributed by atoms with Gasteiger partial charge in [-0.05, 0) is 24.3 Å². The SMILES string of the molecule is N#Cc1c(N)[nH]c(=O)c(C#N)c1-c1ccc2cccnc2c1OC(=O)c1ccccc1. The summed E-state index contributed by atoms with van der Waals surface area (Å²) in [4.78, 5) is 31.8. The first kappa shape index (κ1) is 19.4. The number of carbonyl (C=O) groups excluding carboxylic acids is 1. The van der Waals surface area contributed by atoms with Crippen LogP contribution in [0.1, 0.15) is 21.5 Å². The zero-order chi connectivity index (χ0) is 22.0. The third-order valence-corrected chi connectivity index (χ3v) is 4.67. The van der Waals surface area contributed by atoms with Crippen LogP contribution in [0.2, 0.25) is 0 Å². The average Bonchev–Trinajstić information content (AvgIpc) is 2.79. The second kappa shape index (κ2) is 7.82. The maximum atomic E-state index is 12.8. The van der Waals surface area contributed by atoms with E-state index in [9.17, 15) is 20.1 Å². The Morgan fingerprint density at radius 1 is 1.00 bits per heavy atom. The van der Waals surface area contributed by atoms with Gasteiger partial charge in [-0.1, -0.05) is 30.3 Å². The molecule has 0 aliphatic carbocycles. The van der Waals surface area contributed by atoms with Gasteiger partial charge in [-0.2, -0.15) is 10.5 Å². The second-order valence-corrected chi connectivity index (χ2v) is 6.49. The molecule has 0 spiro atoms. The molecule has 2 heterocycles. The molecule has 2 aromatic carbocycles. The topological polar surface area (TPSA) is 146 Å². The number of nitriles is 2. The van der Waals surface area contributed by atoms with E-state index < -0.39 is 11.5 Å². The first-order valence-electron chi connectivity index (χ1n) is 9.06. The van der Waals surface area contributed by atoms with Crippen molar-refractivity contribution in [3.63, 3.8) is 0 Å². The van der Waals surface area contributed by atoms with E-state index in [0.717, 1.165) is 0 Å². The number of H-pyrrole nitrogens is 1. The molecule has 0 atom stereocenters. The zero-order valence-electron chi connectivity index (χ0n) is 15.9. The van der Waals surface area contributed by atoms with E-state index in [0.29, 0.717) is 16.5 Å². The van der Waals surface area contributed by atoms with Crippen LogP contribution in [0.3, 0.4) is 0 Å². The third kappa shape index (κ3) is 3.35. The van der Waals surface area contributed by atoms with Crippen LogP contribution in [0.25, 0.3) is 22.0 Å². The summed E-state index contributed by atoms with van der Waals surface area (Å²) in [6.07, 6.45) is 1.52. The molecule has 0 aliphatic rings. The standard InChI is InChI=1S/C23H13N5O3/c24-11-16-18(17(12-25)22(29)28-21(16)26)15-9-8-13-7-4-10-27-19(13)20(15)31-23(30)14-5-2-1-3-6-14/h1-10H,(H3,26,28,29). The number of pyridine rings is 2. The molecule has 8 heteroatoms. The number of ether oxygens (including phenoxy) is 1. The molecule has 3 N–H and O–H groups in total. The van der Waals surface area contributed by atoms with Crippen LogP contribution in [-0.4, -0.2) is 15.9 Å². The molecule has 0 fully saturated rings. The van der Waals surface area contributed by atoms with Crippen LogP contribution >= 0.6 is 0 Å². The Kier molecular flexibility index (Phi) is 4.88. The molecule has 8 nitrogen and oxygen atoms in total. The smallest absolute Gasteiger partial charge is 0.343 e. The lowest BCUT2D eigenvalue weighted by Crippen LogP contribution is -2.17. The van der Waals surface area contributed by atoms with E-state index >= 15 is 0 Å². The van der Waals surface area contributed by atoms with Crippen molar-refractivity contribution in [2.24, 2.45) is 0 Å². The first-order chi connectivity index (χ1) is 15.0. The highest BCUT2D eigenvalue weighted by atomic mass is 16.5. The fourth-order valence-corrected chi connectivity index (χ4v) is 3.26. The van der Waals surface area contributed by atoms with Crippen LogP contribution < -0.4 is 16.0 Å². The van der Waals surface area contributed by atoms with E-state index in [1.54, 1.807) is 54.6 Å². The van der Waals surface area contributed by atoms with Gasteiger partial charge in [-0.25, -0.2) is 4.79 Å². The number of nitrogens with zero attached hydrogens (tertiary/aromatic N) is 3. The molecule has 0 saturated heterocycles. The number of esters is 1. The molecule has 2 aromatic heterocycles. The number of hydrogen-bond acceptors (Lipinski definition) is 7. The van der Waals surface area contributed by atoms with Gasteiger partial charge in [0.25, 0.3) is 5.56 Å². The Bertz CT molecular complexity index is 1480. The molecule has 0 radical (unpaired) electrons. The van der Waals surface area contributed by atoms with Crippen molar-refractivity contribution in [2.75, 3.05) is 5.73 Å². The van der Waals surface area contributed by atoms with E-state index in [4.69, 9.17) is 10.5 Å². The second-order valence-electron chi connectivity index (χ2n) is 6.49. The highest BCUT2D eigenvalue weighted by molar-refractivity contribution is 5.99. The van der Waals surface area contributed by atoms with E-state index in [2.05, 4.69) is 9.97 Å². The van der Waals surface area contributed by atoms with E-state index in [1.807, 2.05) is 12.1 Å². The van der Waals surface area contributed by atoms with Crippen molar-refractivity contribution >= 4 is 22.7 Å². The first-order valence-corrected chi connectivity index (χ1v) is 9.06. The normalized spacial score (nSPS) is 10.3. The molecule has 31 heavy (non-hydrogen) atoms. The summed E-state index contributed by atoms with van der Waals surface area (Å²) in [6, 6.07) is 18.8. The quantitative estimate of drug-likeness (QED) is 0.392. The fourth-order valence-electron chi connectivity index (χ4n) is 3.26. The van der Waals surface area contributed by atoms with Crippen molar-refractivity contribution in [2.45, 2.75) is 0 Å². The Morgan fingerprint density at radius 2 is 1.74 bits per heavy atom. The zero-order valence-corrected chi connectivity index (χ0v) is 15.9. The summed E-state index contributed by atoms with van der Waals surface area (Å²) in [6.45, 7) is 0. The van der Waals surface area contributed by atoms with Crippen LogP contribution in [-0.2, 0) is 0 Å². The number of anilines is 1. The van der Waals surface area contributed by atoms with Crippen LogP contribution in [0.4, 0.5) is 5.82 Å². The Balaban J connectivity index is 2.05. The van der Waals surface area contributed by atoms with E-state index in [-0.39, 0.29) is 33.8 Å². The van der Waals surface area contributed by atoms with Gasteiger partial charge >= 0.3 is 5.97 Å². The monoisotopic (exact) mass is 407 g/mol. The summed E-state index contributed by atoms with van der Waals surface area (Å²) in [7, 11) is 0. The molecule has 0 aliphatic heterocycles. The number of hydrogen-bond donors (Lipinski definition) is 2. The molecular weight excluding hydrogens is 394 g/mol. The number of nitrogens with one attached hydrogen (secondary N) is 1. The molecule has 0 unspecified atom stereocenters. The van der Waals surface area contributed by atoms with Crippen LogP contribution in [0.5, 0.6) is 5.75 Å². The average molecular weight is 407 g/mol. The molecule has 4 rings (SSSR count). The number of aromatic amines is 1. The minimum absolute atomic E-state index is 0.0185. The molecule has 0 amide bonds. The number of nitrogens with two attached hydrogens (primary N) is 1. The van der Waals surface area contributed by atoms with Crippen LogP contribution in [0, 0.1) is 22.7 Å². The Labute approximate surface area is 175 Å². The van der Waals surface area contributed by atoms with Crippen molar-refractivity contribution < 1.29 is 9.53 Å². The summed E-state index contributed by atoms with van der Waals surface area (Å²) in [5, 5.41) is 19.9.